The second-order valence-corrected chi connectivity index (χ2v) is 6.90. The van der Waals surface area contributed by atoms with Crippen LogP contribution in [-0.4, -0.2) is 34.7 Å². The van der Waals surface area contributed by atoms with Crippen LogP contribution in [0.5, 0.6) is 0 Å². The van der Waals surface area contributed by atoms with E-state index in [-0.39, 0.29) is 0 Å². The molecule has 7 nitrogen and oxygen atoms in total. The second kappa shape index (κ2) is 6.45. The summed E-state index contributed by atoms with van der Waals surface area (Å²) >= 11 is 7.85. The van der Waals surface area contributed by atoms with Crippen molar-refractivity contribution >= 4 is 34.4 Å². The lowest BCUT2D eigenvalue weighted by Crippen LogP contribution is -2.05. The van der Waals surface area contributed by atoms with Crippen molar-refractivity contribution in [3.63, 3.8) is 0 Å². The lowest BCUT2D eigenvalue weighted by Gasteiger charge is -2.07. The Balaban J connectivity index is 1.75. The number of nitrogens with zero attached hydrogens (tertiary/aromatic N) is 7. The van der Waals surface area contributed by atoms with Crippen molar-refractivity contribution in [3.8, 4) is 5.95 Å². The number of aryl methyl sites for hydroxylation is 2. The van der Waals surface area contributed by atoms with Gasteiger partial charge in [0.05, 0.1) is 21.7 Å². The Hall–Kier alpha value is -2.45. The van der Waals surface area contributed by atoms with Gasteiger partial charge in [0.15, 0.2) is 5.16 Å². The normalized spacial score (nSPS) is 11.3. The molecule has 0 spiro atoms. The molecular formula is C16H14ClN7S. The van der Waals surface area contributed by atoms with Gasteiger partial charge in [0.2, 0.25) is 0 Å². The molecule has 0 saturated heterocycles. The Labute approximate surface area is 153 Å². The van der Waals surface area contributed by atoms with E-state index in [9.17, 15) is 0 Å². The molecule has 3 heterocycles. The first kappa shape index (κ1) is 16.0. The minimum absolute atomic E-state index is 0.605. The van der Waals surface area contributed by atoms with Crippen LogP contribution in [-0.2, 0) is 12.8 Å². The number of tetrazole rings is 1. The third kappa shape index (κ3) is 2.98. The number of aromatic nitrogens is 7. The maximum absolute atomic E-state index is 6.30. The zero-order valence-corrected chi connectivity index (χ0v) is 15.2. The Morgan fingerprint density at radius 2 is 2.08 bits per heavy atom. The average Bonchev–Trinajstić information content (AvgIpc) is 3.16. The van der Waals surface area contributed by atoms with Crippen molar-refractivity contribution in [1.29, 1.82) is 0 Å². The molecule has 0 fully saturated rings. The quantitative estimate of drug-likeness (QED) is 0.513. The van der Waals surface area contributed by atoms with E-state index in [2.05, 4.69) is 20.5 Å². The summed E-state index contributed by atoms with van der Waals surface area (Å²) in [6.45, 7) is 1.97. The fourth-order valence-corrected chi connectivity index (χ4v) is 3.84. The van der Waals surface area contributed by atoms with Gasteiger partial charge in [-0.15, -0.1) is 0 Å². The van der Waals surface area contributed by atoms with E-state index in [4.69, 9.17) is 16.6 Å². The first-order chi connectivity index (χ1) is 12.1. The van der Waals surface area contributed by atoms with E-state index in [1.165, 1.54) is 0 Å². The molecule has 126 valence electrons. The molecule has 3 aromatic heterocycles. The summed E-state index contributed by atoms with van der Waals surface area (Å²) < 4.78 is 3.57. The van der Waals surface area contributed by atoms with Gasteiger partial charge in [-0.1, -0.05) is 40.6 Å². The number of halogens is 1. The number of rotatable bonds is 4. The molecule has 0 saturated carbocycles. The van der Waals surface area contributed by atoms with E-state index in [0.717, 1.165) is 27.4 Å². The van der Waals surface area contributed by atoms with Crippen LogP contribution in [0.2, 0.25) is 5.02 Å². The second-order valence-electron chi connectivity index (χ2n) is 5.55. The Kier molecular flexibility index (Phi) is 4.14. The van der Waals surface area contributed by atoms with Gasteiger partial charge >= 0.3 is 0 Å². The van der Waals surface area contributed by atoms with Crippen LogP contribution in [0.25, 0.3) is 17.0 Å². The van der Waals surface area contributed by atoms with Gasteiger partial charge in [0.25, 0.3) is 5.95 Å². The van der Waals surface area contributed by atoms with Crippen LogP contribution in [0.15, 0.2) is 41.7 Å². The van der Waals surface area contributed by atoms with Crippen molar-refractivity contribution in [3.05, 3.63) is 52.8 Å². The van der Waals surface area contributed by atoms with Crippen LogP contribution in [0, 0.1) is 6.92 Å². The molecule has 4 aromatic rings. The van der Waals surface area contributed by atoms with Crippen molar-refractivity contribution < 1.29 is 0 Å². The smallest absolute Gasteiger partial charge is 0.256 e. The molecule has 0 unspecified atom stereocenters. The third-order valence-electron chi connectivity index (χ3n) is 3.72. The van der Waals surface area contributed by atoms with Crippen molar-refractivity contribution in [1.82, 2.24) is 34.7 Å². The number of para-hydroxylation sites is 2. The Bertz CT molecular complexity index is 1060. The van der Waals surface area contributed by atoms with Crippen molar-refractivity contribution in [2.45, 2.75) is 17.8 Å². The molecule has 0 aliphatic rings. The molecule has 0 aliphatic heterocycles. The van der Waals surface area contributed by atoms with Crippen LogP contribution in [0.4, 0.5) is 0 Å². The zero-order chi connectivity index (χ0) is 17.4. The molecule has 1 aromatic carbocycles. The number of thioether (sulfide) groups is 1. The predicted molar refractivity (Wildman–Crippen MR) is 97.0 cm³/mol. The Morgan fingerprint density at radius 1 is 1.24 bits per heavy atom. The third-order valence-corrected chi connectivity index (χ3v) is 5.00. The molecule has 0 radical (unpaired) electrons. The van der Waals surface area contributed by atoms with Gasteiger partial charge in [-0.3, -0.25) is 9.55 Å². The summed E-state index contributed by atoms with van der Waals surface area (Å²) in [5.74, 6) is 1.22. The SMILES string of the molecule is Cc1cnc(CSc2nc3ccccc3n2-c2nnnn2C)c(Cl)c1. The summed E-state index contributed by atoms with van der Waals surface area (Å²) in [5.41, 5.74) is 3.70. The van der Waals surface area contributed by atoms with E-state index in [1.807, 2.05) is 48.0 Å². The summed E-state index contributed by atoms with van der Waals surface area (Å²) in [6.07, 6.45) is 1.82. The predicted octanol–water partition coefficient (Wildman–Crippen LogP) is 3.20. The van der Waals surface area contributed by atoms with Crippen molar-refractivity contribution in [2.75, 3.05) is 0 Å². The molecule has 9 heteroatoms. The first-order valence-electron chi connectivity index (χ1n) is 7.57. The highest BCUT2D eigenvalue weighted by Crippen LogP contribution is 2.30. The number of hydrogen-bond donors (Lipinski definition) is 0. The van der Waals surface area contributed by atoms with Gasteiger partial charge in [0.1, 0.15) is 0 Å². The van der Waals surface area contributed by atoms with Gasteiger partial charge in [-0.2, -0.15) is 0 Å². The summed E-state index contributed by atoms with van der Waals surface area (Å²) in [4.78, 5) is 9.14. The van der Waals surface area contributed by atoms with Crippen molar-refractivity contribution in [2.24, 2.45) is 7.05 Å². The fraction of sp³-hybridized carbons (Fsp3) is 0.188. The summed E-state index contributed by atoms with van der Waals surface area (Å²) in [6, 6.07) is 9.81. The van der Waals surface area contributed by atoms with Gasteiger partial charge in [-0.25, -0.2) is 9.67 Å². The highest BCUT2D eigenvalue weighted by atomic mass is 35.5. The minimum atomic E-state index is 0.605. The number of imidazole rings is 1. The number of benzene rings is 1. The zero-order valence-electron chi connectivity index (χ0n) is 13.6. The van der Waals surface area contributed by atoms with E-state index in [0.29, 0.717) is 16.7 Å². The summed E-state index contributed by atoms with van der Waals surface area (Å²) in [7, 11) is 1.80. The van der Waals surface area contributed by atoms with Crippen LogP contribution >= 0.6 is 23.4 Å². The molecule has 0 bridgehead atoms. The molecule has 4 rings (SSSR count). The Morgan fingerprint density at radius 3 is 2.84 bits per heavy atom. The van der Waals surface area contributed by atoms with Crippen LogP contribution in [0.1, 0.15) is 11.3 Å². The lowest BCUT2D eigenvalue weighted by atomic mass is 10.3. The number of hydrogen-bond acceptors (Lipinski definition) is 6. The topological polar surface area (TPSA) is 74.3 Å². The molecule has 0 aliphatic carbocycles. The highest BCUT2D eigenvalue weighted by Gasteiger charge is 2.17. The van der Waals surface area contributed by atoms with Gasteiger partial charge in [-0.05, 0) is 41.1 Å². The average molecular weight is 372 g/mol. The standard InChI is InChI=1S/C16H14ClN7S/c1-10-7-11(17)13(18-8-10)9-25-16-19-12-5-3-4-6-14(12)24(16)15-20-21-22-23(15)2/h3-8H,9H2,1-2H3. The minimum Gasteiger partial charge on any atom is -0.259 e. The van der Waals surface area contributed by atoms with E-state index in [1.54, 1.807) is 23.5 Å². The molecule has 0 N–H and O–H groups in total. The fourth-order valence-electron chi connectivity index (χ4n) is 2.51. The molecular weight excluding hydrogens is 358 g/mol. The van der Waals surface area contributed by atoms with Gasteiger partial charge in [0, 0.05) is 19.0 Å². The number of pyridine rings is 1. The molecule has 0 amide bonds. The van der Waals surface area contributed by atoms with Crippen LogP contribution < -0.4 is 0 Å². The maximum Gasteiger partial charge on any atom is 0.256 e. The highest BCUT2D eigenvalue weighted by molar-refractivity contribution is 7.98. The van der Waals surface area contributed by atoms with Gasteiger partial charge < -0.3 is 0 Å². The molecule has 0 atom stereocenters. The van der Waals surface area contributed by atoms with Crippen LogP contribution in [0.3, 0.4) is 0 Å². The first-order valence-corrected chi connectivity index (χ1v) is 8.94. The largest absolute Gasteiger partial charge is 0.259 e. The summed E-state index contributed by atoms with van der Waals surface area (Å²) in [5, 5.41) is 13.2. The number of fused-ring (bicyclic) bond motifs is 1. The monoisotopic (exact) mass is 371 g/mol. The molecule has 25 heavy (non-hydrogen) atoms. The lowest BCUT2D eigenvalue weighted by molar-refractivity contribution is 0.682. The van der Waals surface area contributed by atoms with E-state index >= 15 is 0 Å². The maximum atomic E-state index is 6.30. The van der Waals surface area contributed by atoms with E-state index < -0.39 is 0 Å².